The molecule has 2 aromatic rings. The molecule has 21 heavy (non-hydrogen) atoms. The van der Waals surface area contributed by atoms with Gasteiger partial charge in [0.05, 0.1) is 6.04 Å². The molecule has 0 fully saturated rings. The van der Waals surface area contributed by atoms with Crippen LogP contribution in [0, 0.1) is 19.7 Å². The molecular formula is C16H18BrFN2S. The first-order chi connectivity index (χ1) is 10.0. The van der Waals surface area contributed by atoms with E-state index in [0.717, 1.165) is 20.5 Å². The van der Waals surface area contributed by atoms with E-state index < -0.39 is 0 Å². The Bertz CT molecular complexity index is 610. The van der Waals surface area contributed by atoms with Crippen molar-refractivity contribution in [1.29, 1.82) is 0 Å². The average Bonchev–Trinajstić information content (AvgIpc) is 2.41. The van der Waals surface area contributed by atoms with E-state index in [2.05, 4.69) is 21.4 Å². The minimum atomic E-state index is -0.227. The topological polar surface area (TPSA) is 38.0 Å². The van der Waals surface area contributed by atoms with Crippen molar-refractivity contribution in [3.8, 4) is 0 Å². The number of nitrogens with two attached hydrogens (primary N) is 1. The third-order valence-electron chi connectivity index (χ3n) is 3.24. The summed E-state index contributed by atoms with van der Waals surface area (Å²) in [4.78, 5) is 1.12. The largest absolute Gasteiger partial charge is 0.271 e. The van der Waals surface area contributed by atoms with Gasteiger partial charge in [0.15, 0.2) is 0 Å². The maximum Gasteiger partial charge on any atom is 0.128 e. The van der Waals surface area contributed by atoms with Gasteiger partial charge in [-0.05, 0) is 49.2 Å². The molecule has 112 valence electrons. The summed E-state index contributed by atoms with van der Waals surface area (Å²) in [6.45, 7) is 3.81. The number of hydrazine groups is 1. The minimum Gasteiger partial charge on any atom is -0.271 e. The molecule has 0 saturated heterocycles. The summed E-state index contributed by atoms with van der Waals surface area (Å²) in [5.74, 6) is 6.09. The molecule has 2 aromatic carbocycles. The Morgan fingerprint density at radius 2 is 2.05 bits per heavy atom. The molecule has 0 aliphatic carbocycles. The van der Waals surface area contributed by atoms with Crippen molar-refractivity contribution in [3.05, 3.63) is 63.4 Å². The molecule has 0 bridgehead atoms. The molecule has 0 aromatic heterocycles. The summed E-state index contributed by atoms with van der Waals surface area (Å²) in [6, 6.07) is 11.3. The van der Waals surface area contributed by atoms with Crippen LogP contribution in [0.1, 0.15) is 22.7 Å². The molecule has 0 heterocycles. The van der Waals surface area contributed by atoms with Crippen molar-refractivity contribution in [3.63, 3.8) is 0 Å². The van der Waals surface area contributed by atoms with E-state index in [-0.39, 0.29) is 11.9 Å². The highest BCUT2D eigenvalue weighted by molar-refractivity contribution is 9.10. The fourth-order valence-corrected chi connectivity index (χ4v) is 3.88. The molecule has 1 unspecified atom stereocenters. The van der Waals surface area contributed by atoms with E-state index in [9.17, 15) is 4.39 Å². The second-order valence-electron chi connectivity index (χ2n) is 4.96. The van der Waals surface area contributed by atoms with E-state index >= 15 is 0 Å². The van der Waals surface area contributed by atoms with Crippen LogP contribution in [0.25, 0.3) is 0 Å². The highest BCUT2D eigenvalue weighted by Crippen LogP contribution is 2.29. The fraction of sp³-hybridized carbons (Fsp3) is 0.250. The minimum absolute atomic E-state index is 0.203. The lowest BCUT2D eigenvalue weighted by molar-refractivity contribution is 0.542. The summed E-state index contributed by atoms with van der Waals surface area (Å²) in [5, 5.41) is 0. The molecule has 0 amide bonds. The second-order valence-corrected chi connectivity index (χ2v) is 6.97. The first kappa shape index (κ1) is 16.5. The van der Waals surface area contributed by atoms with Gasteiger partial charge in [0, 0.05) is 20.7 Å². The van der Waals surface area contributed by atoms with Gasteiger partial charge in [-0.1, -0.05) is 28.1 Å². The SMILES string of the molecule is Cc1cc(C)c(C(CSc2cccc(Br)c2)NN)c(F)c1. The smallest absolute Gasteiger partial charge is 0.128 e. The van der Waals surface area contributed by atoms with Crippen LogP contribution in [0.5, 0.6) is 0 Å². The molecule has 0 saturated carbocycles. The molecule has 3 N–H and O–H groups in total. The van der Waals surface area contributed by atoms with Gasteiger partial charge in [0.1, 0.15) is 5.82 Å². The lowest BCUT2D eigenvalue weighted by Gasteiger charge is -2.19. The van der Waals surface area contributed by atoms with E-state index in [1.54, 1.807) is 17.8 Å². The summed E-state index contributed by atoms with van der Waals surface area (Å²) in [7, 11) is 0. The molecule has 1 atom stereocenters. The van der Waals surface area contributed by atoms with Crippen LogP contribution >= 0.6 is 27.7 Å². The number of halogens is 2. The number of benzene rings is 2. The average molecular weight is 369 g/mol. The summed E-state index contributed by atoms with van der Waals surface area (Å²) in [5.41, 5.74) is 5.22. The Balaban J connectivity index is 2.17. The quantitative estimate of drug-likeness (QED) is 0.463. The van der Waals surface area contributed by atoms with Crippen molar-refractivity contribution < 1.29 is 4.39 Å². The third-order valence-corrected chi connectivity index (χ3v) is 4.82. The number of nitrogens with one attached hydrogen (secondary N) is 1. The Hall–Kier alpha value is -0.880. The number of rotatable bonds is 5. The standard InChI is InChI=1S/C16H18BrFN2S/c1-10-6-11(2)16(14(18)7-10)15(20-19)9-21-13-5-3-4-12(17)8-13/h3-8,15,20H,9,19H2,1-2H3. The van der Waals surface area contributed by atoms with Crippen molar-refractivity contribution in [1.82, 2.24) is 5.43 Å². The van der Waals surface area contributed by atoms with Gasteiger partial charge < -0.3 is 0 Å². The van der Waals surface area contributed by atoms with Crippen molar-refractivity contribution in [2.75, 3.05) is 5.75 Å². The summed E-state index contributed by atoms with van der Waals surface area (Å²) < 4.78 is 15.3. The van der Waals surface area contributed by atoms with Gasteiger partial charge in [0.2, 0.25) is 0 Å². The van der Waals surface area contributed by atoms with Gasteiger partial charge in [-0.15, -0.1) is 11.8 Å². The maximum absolute atomic E-state index is 14.2. The highest BCUT2D eigenvalue weighted by Gasteiger charge is 2.17. The summed E-state index contributed by atoms with van der Waals surface area (Å²) >= 11 is 5.09. The van der Waals surface area contributed by atoms with Gasteiger partial charge in [-0.2, -0.15) is 0 Å². The number of aryl methyl sites for hydroxylation is 2. The Labute approximate surface area is 137 Å². The van der Waals surface area contributed by atoms with Crippen LogP contribution in [0.4, 0.5) is 4.39 Å². The first-order valence-electron chi connectivity index (χ1n) is 6.62. The van der Waals surface area contributed by atoms with E-state index in [4.69, 9.17) is 5.84 Å². The number of hydrogen-bond donors (Lipinski definition) is 2. The second kappa shape index (κ2) is 7.40. The van der Waals surface area contributed by atoms with Gasteiger partial charge in [-0.25, -0.2) is 4.39 Å². The van der Waals surface area contributed by atoms with E-state index in [1.807, 2.05) is 44.2 Å². The van der Waals surface area contributed by atoms with Crippen LogP contribution in [0.2, 0.25) is 0 Å². The molecule has 2 rings (SSSR count). The molecule has 2 nitrogen and oxygen atoms in total. The first-order valence-corrected chi connectivity index (χ1v) is 8.40. The van der Waals surface area contributed by atoms with Crippen LogP contribution in [-0.4, -0.2) is 5.75 Å². The molecule has 5 heteroatoms. The van der Waals surface area contributed by atoms with E-state index in [1.165, 1.54) is 0 Å². The summed E-state index contributed by atoms with van der Waals surface area (Å²) in [6.07, 6.45) is 0. The van der Waals surface area contributed by atoms with Crippen molar-refractivity contribution in [2.24, 2.45) is 5.84 Å². The molecular weight excluding hydrogens is 351 g/mol. The zero-order valence-corrected chi connectivity index (χ0v) is 14.4. The van der Waals surface area contributed by atoms with Crippen LogP contribution < -0.4 is 11.3 Å². The predicted molar refractivity (Wildman–Crippen MR) is 90.8 cm³/mol. The number of thioether (sulfide) groups is 1. The monoisotopic (exact) mass is 368 g/mol. The van der Waals surface area contributed by atoms with Crippen LogP contribution in [0.15, 0.2) is 45.8 Å². The Morgan fingerprint density at radius 3 is 2.67 bits per heavy atom. The normalized spacial score (nSPS) is 12.4. The van der Waals surface area contributed by atoms with Crippen molar-refractivity contribution >= 4 is 27.7 Å². The predicted octanol–water partition coefficient (Wildman–Crippen LogP) is 4.50. The Morgan fingerprint density at radius 1 is 1.29 bits per heavy atom. The lowest BCUT2D eigenvalue weighted by atomic mass is 10.00. The van der Waals surface area contributed by atoms with Crippen molar-refractivity contribution in [2.45, 2.75) is 24.8 Å². The maximum atomic E-state index is 14.2. The molecule has 0 radical (unpaired) electrons. The zero-order chi connectivity index (χ0) is 15.4. The number of hydrogen-bond acceptors (Lipinski definition) is 3. The van der Waals surface area contributed by atoms with Crippen LogP contribution in [0.3, 0.4) is 0 Å². The fourth-order valence-electron chi connectivity index (χ4n) is 2.32. The molecule has 0 spiro atoms. The molecule has 0 aliphatic rings. The van der Waals surface area contributed by atoms with Gasteiger partial charge in [0.25, 0.3) is 0 Å². The third kappa shape index (κ3) is 4.30. The van der Waals surface area contributed by atoms with Gasteiger partial charge in [-0.3, -0.25) is 11.3 Å². The lowest BCUT2D eigenvalue weighted by Crippen LogP contribution is -2.31. The highest BCUT2D eigenvalue weighted by atomic mass is 79.9. The van der Waals surface area contributed by atoms with Gasteiger partial charge >= 0.3 is 0 Å². The van der Waals surface area contributed by atoms with Crippen LogP contribution in [-0.2, 0) is 0 Å². The molecule has 0 aliphatic heterocycles. The zero-order valence-electron chi connectivity index (χ0n) is 12.0. The Kier molecular flexibility index (Phi) is 5.81. The van der Waals surface area contributed by atoms with E-state index in [0.29, 0.717) is 11.3 Å².